The highest BCUT2D eigenvalue weighted by Crippen LogP contribution is 2.25. The van der Waals surface area contributed by atoms with Crippen LogP contribution in [-0.2, 0) is 0 Å². The first kappa shape index (κ1) is 12.7. The van der Waals surface area contributed by atoms with Crippen molar-refractivity contribution in [2.24, 2.45) is 0 Å². The number of nitrogens with one attached hydrogen (secondary N) is 1. The van der Waals surface area contributed by atoms with Crippen LogP contribution >= 0.6 is 0 Å². The number of nitrogens with two attached hydrogens (primary N) is 1. The van der Waals surface area contributed by atoms with E-state index in [0.29, 0.717) is 11.3 Å². The molecule has 7 nitrogen and oxygen atoms in total. The van der Waals surface area contributed by atoms with Crippen molar-refractivity contribution in [2.75, 3.05) is 11.1 Å². The fourth-order valence-corrected chi connectivity index (χ4v) is 1.47. The Morgan fingerprint density at radius 3 is 2.84 bits per heavy atom. The number of aryl methyl sites for hydroxylation is 1. The molecular formula is C11H10FN5O2. The average Bonchev–Trinajstić information content (AvgIpc) is 2.33. The lowest BCUT2D eigenvalue weighted by Gasteiger charge is -2.07. The van der Waals surface area contributed by atoms with Crippen molar-refractivity contribution in [1.29, 1.82) is 0 Å². The lowest BCUT2D eigenvalue weighted by molar-refractivity contribution is -0.384. The highest BCUT2D eigenvalue weighted by Gasteiger charge is 2.17. The van der Waals surface area contributed by atoms with Gasteiger partial charge in [-0.2, -0.15) is 4.98 Å². The number of nitrogens with zero attached hydrogens (tertiary/aromatic N) is 3. The minimum Gasteiger partial charge on any atom is -0.368 e. The molecule has 0 aliphatic heterocycles. The summed E-state index contributed by atoms with van der Waals surface area (Å²) in [4.78, 5) is 17.5. The second-order valence-electron chi connectivity index (χ2n) is 3.81. The Labute approximate surface area is 107 Å². The Morgan fingerprint density at radius 1 is 1.47 bits per heavy atom. The van der Waals surface area contributed by atoms with Crippen LogP contribution in [0.5, 0.6) is 0 Å². The molecule has 0 radical (unpaired) electrons. The molecule has 2 rings (SSSR count). The lowest BCUT2D eigenvalue weighted by Crippen LogP contribution is -2.04. The Balaban J connectivity index is 2.39. The van der Waals surface area contributed by atoms with Crippen LogP contribution in [0, 0.1) is 22.9 Å². The van der Waals surface area contributed by atoms with E-state index in [1.807, 2.05) is 0 Å². The van der Waals surface area contributed by atoms with Gasteiger partial charge >= 0.3 is 5.69 Å². The maximum absolute atomic E-state index is 13.1. The molecular weight excluding hydrogens is 253 g/mol. The van der Waals surface area contributed by atoms with E-state index in [1.165, 1.54) is 18.2 Å². The Hall–Kier alpha value is -2.77. The normalized spacial score (nSPS) is 10.2. The summed E-state index contributed by atoms with van der Waals surface area (Å²) in [7, 11) is 0. The van der Waals surface area contributed by atoms with Gasteiger partial charge in [0, 0.05) is 5.69 Å². The van der Waals surface area contributed by atoms with Crippen molar-refractivity contribution in [2.45, 2.75) is 6.92 Å². The number of hydrogen-bond acceptors (Lipinski definition) is 6. The lowest BCUT2D eigenvalue weighted by atomic mass is 10.2. The van der Waals surface area contributed by atoms with Gasteiger partial charge in [-0.05, 0) is 30.7 Å². The Kier molecular flexibility index (Phi) is 3.23. The van der Waals surface area contributed by atoms with Crippen molar-refractivity contribution in [3.05, 3.63) is 45.9 Å². The molecule has 0 aliphatic rings. The number of anilines is 3. The Bertz CT molecular complexity index is 647. The zero-order valence-corrected chi connectivity index (χ0v) is 9.92. The topological polar surface area (TPSA) is 107 Å². The van der Waals surface area contributed by atoms with Crippen LogP contribution in [0.25, 0.3) is 0 Å². The van der Waals surface area contributed by atoms with E-state index in [4.69, 9.17) is 5.73 Å². The fraction of sp³-hybridized carbons (Fsp3) is 0.0909. The van der Waals surface area contributed by atoms with Crippen molar-refractivity contribution in [3.63, 3.8) is 0 Å². The van der Waals surface area contributed by atoms with Gasteiger partial charge in [0.25, 0.3) is 0 Å². The zero-order chi connectivity index (χ0) is 14.0. The quantitative estimate of drug-likeness (QED) is 0.649. The number of benzene rings is 1. The molecule has 0 saturated heterocycles. The van der Waals surface area contributed by atoms with Crippen LogP contribution in [-0.4, -0.2) is 14.9 Å². The maximum Gasteiger partial charge on any atom is 0.329 e. The molecule has 98 valence electrons. The first-order valence-electron chi connectivity index (χ1n) is 5.27. The summed E-state index contributed by atoms with van der Waals surface area (Å²) in [5, 5.41) is 13.6. The molecule has 0 saturated carbocycles. The molecule has 2 aromatic rings. The summed E-state index contributed by atoms with van der Waals surface area (Å²) in [5.41, 5.74) is 5.97. The summed E-state index contributed by atoms with van der Waals surface area (Å²) in [6.07, 6.45) is 1.01. The third-order valence-corrected chi connectivity index (χ3v) is 2.41. The van der Waals surface area contributed by atoms with E-state index in [9.17, 15) is 14.5 Å². The number of halogens is 1. The molecule has 1 heterocycles. The molecule has 8 heteroatoms. The molecule has 19 heavy (non-hydrogen) atoms. The van der Waals surface area contributed by atoms with Crippen molar-refractivity contribution >= 4 is 23.1 Å². The first-order chi connectivity index (χ1) is 8.97. The van der Waals surface area contributed by atoms with Crippen LogP contribution in [0.4, 0.5) is 27.5 Å². The Morgan fingerprint density at radius 2 is 2.21 bits per heavy atom. The van der Waals surface area contributed by atoms with Gasteiger partial charge in [-0.25, -0.2) is 9.37 Å². The van der Waals surface area contributed by atoms with Crippen LogP contribution in [0.1, 0.15) is 5.56 Å². The SMILES string of the molecule is Cc1cc(Nc2nc(N)ncc2[N+](=O)[O-])ccc1F. The van der Waals surface area contributed by atoms with Crippen molar-refractivity contribution in [3.8, 4) is 0 Å². The van der Waals surface area contributed by atoms with Gasteiger partial charge in [-0.3, -0.25) is 10.1 Å². The maximum atomic E-state index is 13.1. The van der Waals surface area contributed by atoms with Gasteiger partial charge in [0.05, 0.1) is 4.92 Å². The molecule has 0 amide bonds. The molecule has 0 fully saturated rings. The second-order valence-corrected chi connectivity index (χ2v) is 3.81. The van der Waals surface area contributed by atoms with Crippen molar-refractivity contribution in [1.82, 2.24) is 9.97 Å². The van der Waals surface area contributed by atoms with Gasteiger partial charge in [0.15, 0.2) is 0 Å². The number of nitro groups is 1. The van der Waals surface area contributed by atoms with Gasteiger partial charge in [0.1, 0.15) is 12.0 Å². The predicted molar refractivity (Wildman–Crippen MR) is 67.5 cm³/mol. The largest absolute Gasteiger partial charge is 0.368 e. The third-order valence-electron chi connectivity index (χ3n) is 2.41. The number of hydrogen-bond donors (Lipinski definition) is 2. The molecule has 1 aromatic heterocycles. The van der Waals surface area contributed by atoms with Crippen LogP contribution in [0.3, 0.4) is 0 Å². The highest BCUT2D eigenvalue weighted by atomic mass is 19.1. The van der Waals surface area contributed by atoms with Gasteiger partial charge in [-0.1, -0.05) is 0 Å². The molecule has 0 bridgehead atoms. The molecule has 0 atom stereocenters. The smallest absolute Gasteiger partial charge is 0.329 e. The van der Waals surface area contributed by atoms with Crippen LogP contribution in [0.2, 0.25) is 0 Å². The summed E-state index contributed by atoms with van der Waals surface area (Å²) in [6, 6.07) is 4.22. The van der Waals surface area contributed by atoms with E-state index in [0.717, 1.165) is 6.20 Å². The van der Waals surface area contributed by atoms with E-state index in [-0.39, 0.29) is 23.3 Å². The van der Waals surface area contributed by atoms with E-state index >= 15 is 0 Å². The summed E-state index contributed by atoms with van der Waals surface area (Å²) >= 11 is 0. The first-order valence-corrected chi connectivity index (χ1v) is 5.27. The van der Waals surface area contributed by atoms with Gasteiger partial charge < -0.3 is 11.1 Å². The van der Waals surface area contributed by atoms with E-state index in [1.54, 1.807) is 6.92 Å². The minimum absolute atomic E-state index is 0.0384. The monoisotopic (exact) mass is 263 g/mol. The summed E-state index contributed by atoms with van der Waals surface area (Å²) in [5.74, 6) is -0.488. The van der Waals surface area contributed by atoms with E-state index < -0.39 is 4.92 Å². The number of aromatic nitrogens is 2. The molecule has 0 aliphatic carbocycles. The third kappa shape index (κ3) is 2.73. The zero-order valence-electron chi connectivity index (χ0n) is 9.92. The molecule has 0 spiro atoms. The molecule has 3 N–H and O–H groups in total. The number of nitrogen functional groups attached to an aromatic ring is 1. The second kappa shape index (κ2) is 4.84. The average molecular weight is 263 g/mol. The van der Waals surface area contributed by atoms with E-state index in [2.05, 4.69) is 15.3 Å². The molecule has 1 aromatic carbocycles. The van der Waals surface area contributed by atoms with Crippen molar-refractivity contribution < 1.29 is 9.31 Å². The van der Waals surface area contributed by atoms with Gasteiger partial charge in [-0.15, -0.1) is 0 Å². The van der Waals surface area contributed by atoms with Crippen LogP contribution in [0.15, 0.2) is 24.4 Å². The standard InChI is InChI=1S/C11H10FN5O2/c1-6-4-7(2-3-8(6)12)15-10-9(17(18)19)5-14-11(13)16-10/h2-5H,1H3,(H3,13,14,15,16). The van der Waals surface area contributed by atoms with Gasteiger partial charge in [0.2, 0.25) is 11.8 Å². The fourth-order valence-electron chi connectivity index (χ4n) is 1.47. The number of rotatable bonds is 3. The summed E-state index contributed by atoms with van der Waals surface area (Å²) in [6.45, 7) is 1.59. The highest BCUT2D eigenvalue weighted by molar-refractivity contribution is 5.66. The molecule has 0 unspecified atom stereocenters. The predicted octanol–water partition coefficient (Wildman–Crippen LogP) is 2.16. The minimum atomic E-state index is -0.627. The van der Waals surface area contributed by atoms with Crippen LogP contribution < -0.4 is 11.1 Å². The summed E-state index contributed by atoms with van der Waals surface area (Å²) < 4.78 is 13.1.